The molecule has 0 bridgehead atoms. The first-order valence-corrected chi connectivity index (χ1v) is 9.35. The maximum absolute atomic E-state index is 5.73. The Morgan fingerprint density at radius 2 is 2.08 bits per heavy atom. The van der Waals surface area contributed by atoms with Crippen molar-refractivity contribution in [3.63, 3.8) is 0 Å². The summed E-state index contributed by atoms with van der Waals surface area (Å²) in [6.45, 7) is 6.91. The predicted molar refractivity (Wildman–Crippen MR) is 101 cm³/mol. The molecule has 0 aromatic carbocycles. The third kappa shape index (κ3) is 3.03. The van der Waals surface area contributed by atoms with Crippen LogP contribution in [0.5, 0.6) is 0 Å². The van der Waals surface area contributed by atoms with Gasteiger partial charge in [0.15, 0.2) is 0 Å². The van der Waals surface area contributed by atoms with E-state index in [4.69, 9.17) is 9.72 Å². The zero-order valence-electron chi connectivity index (χ0n) is 16.0. The van der Waals surface area contributed by atoms with E-state index >= 15 is 0 Å². The number of aryl methyl sites for hydroxylation is 2. The molecule has 0 saturated carbocycles. The Hall–Kier alpha value is -2.21. The van der Waals surface area contributed by atoms with Crippen LogP contribution in [0.4, 0.5) is 0 Å². The molecule has 138 valence electrons. The number of rotatable bonds is 4. The highest BCUT2D eigenvalue weighted by atomic mass is 16.5. The summed E-state index contributed by atoms with van der Waals surface area (Å²) in [5.41, 5.74) is 5.35. The van der Waals surface area contributed by atoms with Crippen LogP contribution in [0.15, 0.2) is 30.0 Å². The Morgan fingerprint density at radius 1 is 1.23 bits per heavy atom. The summed E-state index contributed by atoms with van der Waals surface area (Å²) < 4.78 is 7.54. The molecule has 0 amide bonds. The van der Waals surface area contributed by atoms with Gasteiger partial charge in [0.05, 0.1) is 18.0 Å². The van der Waals surface area contributed by atoms with Gasteiger partial charge in [-0.25, -0.2) is 4.68 Å². The molecule has 0 spiro atoms. The molecule has 2 aromatic rings. The van der Waals surface area contributed by atoms with Crippen molar-refractivity contribution in [2.24, 2.45) is 18.9 Å². The molecule has 6 nitrogen and oxygen atoms in total. The third-order valence-corrected chi connectivity index (χ3v) is 5.83. The molecule has 4 heterocycles. The Labute approximate surface area is 154 Å². The van der Waals surface area contributed by atoms with E-state index in [2.05, 4.69) is 53.5 Å². The first-order valence-electron chi connectivity index (χ1n) is 9.35. The summed E-state index contributed by atoms with van der Waals surface area (Å²) in [6, 6.07) is 6.34. The van der Waals surface area contributed by atoms with Gasteiger partial charge >= 0.3 is 0 Å². The first kappa shape index (κ1) is 17.2. The molecule has 3 atom stereocenters. The summed E-state index contributed by atoms with van der Waals surface area (Å²) in [6.07, 6.45) is 3.52. The van der Waals surface area contributed by atoms with Gasteiger partial charge in [0.1, 0.15) is 5.69 Å². The molecule has 1 fully saturated rings. The van der Waals surface area contributed by atoms with Gasteiger partial charge in [-0.05, 0) is 38.3 Å². The van der Waals surface area contributed by atoms with Crippen molar-refractivity contribution in [3.8, 4) is 11.4 Å². The van der Waals surface area contributed by atoms with Crippen LogP contribution in [0, 0.1) is 18.8 Å². The largest absolute Gasteiger partial charge is 0.381 e. The minimum absolute atomic E-state index is 0.374. The Morgan fingerprint density at radius 3 is 2.69 bits per heavy atom. The minimum atomic E-state index is 0.374. The molecule has 2 aromatic heterocycles. The van der Waals surface area contributed by atoms with Crippen LogP contribution in [0.3, 0.4) is 0 Å². The van der Waals surface area contributed by atoms with Gasteiger partial charge < -0.3 is 9.64 Å². The van der Waals surface area contributed by atoms with Gasteiger partial charge in [0.25, 0.3) is 0 Å². The second kappa shape index (κ2) is 6.83. The second-order valence-electron chi connectivity index (χ2n) is 7.60. The van der Waals surface area contributed by atoms with Crippen LogP contribution >= 0.6 is 0 Å². The summed E-state index contributed by atoms with van der Waals surface area (Å²) in [7, 11) is 4.09. The number of hydrogen-bond donors (Lipinski definition) is 0. The van der Waals surface area contributed by atoms with Crippen molar-refractivity contribution >= 4 is 0 Å². The maximum atomic E-state index is 5.73. The van der Waals surface area contributed by atoms with Crippen LogP contribution in [-0.2, 0) is 11.8 Å². The maximum Gasteiger partial charge on any atom is 0.110 e. The minimum Gasteiger partial charge on any atom is -0.381 e. The first-order chi connectivity index (χ1) is 12.5. The van der Waals surface area contributed by atoms with Gasteiger partial charge in [-0.1, -0.05) is 17.4 Å². The lowest BCUT2D eigenvalue weighted by molar-refractivity contribution is 0.174. The van der Waals surface area contributed by atoms with E-state index in [0.29, 0.717) is 17.8 Å². The average Bonchev–Trinajstić information content (AvgIpc) is 3.32. The van der Waals surface area contributed by atoms with Crippen LogP contribution in [0.2, 0.25) is 0 Å². The quantitative estimate of drug-likeness (QED) is 0.846. The molecule has 0 radical (unpaired) electrons. The Balaban J connectivity index is 1.73. The molecule has 0 aliphatic carbocycles. The number of allylic oxidation sites excluding steroid dienone is 1. The van der Waals surface area contributed by atoms with E-state index < -0.39 is 0 Å². The molecule has 26 heavy (non-hydrogen) atoms. The van der Waals surface area contributed by atoms with Crippen molar-refractivity contribution in [3.05, 3.63) is 41.4 Å². The van der Waals surface area contributed by atoms with E-state index in [1.54, 1.807) is 0 Å². The lowest BCUT2D eigenvalue weighted by Crippen LogP contribution is -2.26. The van der Waals surface area contributed by atoms with Crippen molar-refractivity contribution in [1.82, 2.24) is 24.9 Å². The Kier molecular flexibility index (Phi) is 4.53. The molecule has 6 heteroatoms. The van der Waals surface area contributed by atoms with Crippen molar-refractivity contribution in [2.45, 2.75) is 26.2 Å². The Bertz CT molecular complexity index is 802. The summed E-state index contributed by atoms with van der Waals surface area (Å²) >= 11 is 0. The topological polar surface area (TPSA) is 56.1 Å². The van der Waals surface area contributed by atoms with Crippen LogP contribution in [0.25, 0.3) is 11.4 Å². The van der Waals surface area contributed by atoms with E-state index in [-0.39, 0.29) is 0 Å². The van der Waals surface area contributed by atoms with E-state index in [9.17, 15) is 0 Å². The highest BCUT2D eigenvalue weighted by Gasteiger charge is 2.36. The fourth-order valence-corrected chi connectivity index (χ4v) is 4.39. The molecular formula is C20H27N5O. The van der Waals surface area contributed by atoms with Gasteiger partial charge in [0.2, 0.25) is 0 Å². The molecule has 4 rings (SSSR count). The number of pyridine rings is 1. The fourth-order valence-electron chi connectivity index (χ4n) is 4.39. The summed E-state index contributed by atoms with van der Waals surface area (Å²) in [5.74, 6) is 1.36. The normalized spacial score (nSPS) is 24.2. The number of hydrogen-bond acceptors (Lipinski definition) is 5. The smallest absolute Gasteiger partial charge is 0.110 e. The monoisotopic (exact) mass is 353 g/mol. The lowest BCUT2D eigenvalue weighted by Gasteiger charge is -2.28. The molecule has 2 aliphatic rings. The van der Waals surface area contributed by atoms with Gasteiger partial charge in [0, 0.05) is 50.5 Å². The highest BCUT2D eigenvalue weighted by Crippen LogP contribution is 2.40. The number of ether oxygens (including phenoxy) is 1. The van der Waals surface area contributed by atoms with Gasteiger partial charge in [-0.15, -0.1) is 5.10 Å². The van der Waals surface area contributed by atoms with Crippen LogP contribution in [-0.4, -0.2) is 51.7 Å². The van der Waals surface area contributed by atoms with Crippen LogP contribution in [0.1, 0.15) is 30.7 Å². The van der Waals surface area contributed by atoms with E-state index in [1.165, 1.54) is 5.70 Å². The number of nitrogens with zero attached hydrogens (tertiary/aromatic N) is 5. The van der Waals surface area contributed by atoms with E-state index in [1.807, 2.05) is 18.7 Å². The standard InChI is InChI=1S/C20H27N5O/c1-13-10-16(11-24(13)3)19(15-8-9-26-12-15)17-6-5-7-18(21-17)20-14(2)22-23-25(20)4/h5-7,10,15-16,19H,8-9,11-12H2,1-4H3. The van der Waals surface area contributed by atoms with Gasteiger partial charge in [-0.3, -0.25) is 4.98 Å². The summed E-state index contributed by atoms with van der Waals surface area (Å²) in [4.78, 5) is 7.41. The lowest BCUT2D eigenvalue weighted by atomic mass is 9.78. The fraction of sp³-hybridized carbons (Fsp3) is 0.550. The molecule has 0 N–H and O–H groups in total. The zero-order chi connectivity index (χ0) is 18.3. The zero-order valence-corrected chi connectivity index (χ0v) is 16.0. The third-order valence-electron chi connectivity index (χ3n) is 5.83. The molecule has 1 saturated heterocycles. The molecular weight excluding hydrogens is 326 g/mol. The van der Waals surface area contributed by atoms with Crippen molar-refractivity contribution in [1.29, 1.82) is 0 Å². The SMILES string of the molecule is CC1=CC(C(c2cccc(-c3c(C)nnn3C)n2)C2CCOC2)CN1C. The van der Waals surface area contributed by atoms with Gasteiger partial charge in [-0.2, -0.15) is 0 Å². The second-order valence-corrected chi connectivity index (χ2v) is 7.60. The van der Waals surface area contributed by atoms with Crippen molar-refractivity contribution < 1.29 is 4.74 Å². The van der Waals surface area contributed by atoms with Crippen molar-refractivity contribution in [2.75, 3.05) is 26.8 Å². The highest BCUT2D eigenvalue weighted by molar-refractivity contribution is 5.57. The average molecular weight is 353 g/mol. The predicted octanol–water partition coefficient (Wildman–Crippen LogP) is 2.77. The summed E-state index contributed by atoms with van der Waals surface area (Å²) in [5, 5.41) is 8.31. The molecule has 2 aliphatic heterocycles. The van der Waals surface area contributed by atoms with E-state index in [0.717, 1.165) is 49.0 Å². The molecule has 3 unspecified atom stereocenters. The number of aromatic nitrogens is 4. The van der Waals surface area contributed by atoms with Crippen LogP contribution < -0.4 is 0 Å².